The number of aromatic nitrogens is 2. The van der Waals surface area contributed by atoms with Gasteiger partial charge in [-0.1, -0.05) is 0 Å². The monoisotopic (exact) mass is 222 g/mol. The van der Waals surface area contributed by atoms with E-state index < -0.39 is 0 Å². The Balaban J connectivity index is 1.59. The van der Waals surface area contributed by atoms with Crippen LogP contribution in [0.4, 0.5) is 0 Å². The number of nitrogens with one attached hydrogen (secondary N) is 2. The van der Waals surface area contributed by atoms with Gasteiger partial charge < -0.3 is 15.2 Å². The molecule has 1 aromatic rings. The van der Waals surface area contributed by atoms with Gasteiger partial charge in [-0.2, -0.15) is 0 Å². The molecule has 1 saturated carbocycles. The van der Waals surface area contributed by atoms with E-state index in [0.29, 0.717) is 12.2 Å². The van der Waals surface area contributed by atoms with Crippen molar-refractivity contribution in [3.8, 4) is 0 Å². The Morgan fingerprint density at radius 1 is 1.56 bits per heavy atom. The third-order valence-electron chi connectivity index (χ3n) is 2.59. The molecular weight excluding hydrogens is 204 g/mol. The number of aryl methyl sites for hydroxylation is 1. The van der Waals surface area contributed by atoms with Crippen LogP contribution >= 0.6 is 0 Å². The first-order valence-corrected chi connectivity index (χ1v) is 5.75. The first kappa shape index (κ1) is 11.1. The van der Waals surface area contributed by atoms with Crippen molar-refractivity contribution in [2.75, 3.05) is 13.1 Å². The van der Waals surface area contributed by atoms with Gasteiger partial charge in [0.05, 0.1) is 6.33 Å². The quantitative estimate of drug-likeness (QED) is 0.680. The fourth-order valence-corrected chi connectivity index (χ4v) is 1.50. The summed E-state index contributed by atoms with van der Waals surface area (Å²) < 4.78 is 1.77. The van der Waals surface area contributed by atoms with Gasteiger partial charge in [-0.25, -0.2) is 4.98 Å². The fourth-order valence-electron chi connectivity index (χ4n) is 1.50. The minimum Gasteiger partial charge on any atom is -0.351 e. The lowest BCUT2D eigenvalue weighted by Crippen LogP contribution is -2.28. The molecule has 0 aromatic carbocycles. The van der Waals surface area contributed by atoms with Gasteiger partial charge in [0.1, 0.15) is 5.69 Å². The molecule has 5 nitrogen and oxygen atoms in total. The molecule has 0 spiro atoms. The third kappa shape index (κ3) is 3.34. The maximum Gasteiger partial charge on any atom is 0.271 e. The van der Waals surface area contributed by atoms with Crippen LogP contribution in [-0.2, 0) is 7.05 Å². The Hall–Kier alpha value is -1.36. The number of carbonyl (C=O) groups excluding carboxylic acids is 1. The van der Waals surface area contributed by atoms with Gasteiger partial charge >= 0.3 is 0 Å². The molecule has 16 heavy (non-hydrogen) atoms. The van der Waals surface area contributed by atoms with Crippen LogP contribution in [0.5, 0.6) is 0 Å². The minimum absolute atomic E-state index is 0.0907. The standard InChI is InChI=1S/C11H18N4O/c1-15-7-10(14-8-15)11(16)13-6-2-5-12-9-3-4-9/h7-9,12H,2-6H2,1H3,(H,13,16). The highest BCUT2D eigenvalue weighted by Gasteiger charge is 2.19. The average molecular weight is 222 g/mol. The normalized spacial score (nSPS) is 15.1. The SMILES string of the molecule is Cn1cnc(C(=O)NCCCNC2CC2)c1. The van der Waals surface area contributed by atoms with Crippen LogP contribution in [0.1, 0.15) is 29.8 Å². The molecular formula is C11H18N4O. The zero-order valence-electron chi connectivity index (χ0n) is 9.57. The van der Waals surface area contributed by atoms with Gasteiger partial charge in [-0.15, -0.1) is 0 Å². The van der Waals surface area contributed by atoms with Crippen molar-refractivity contribution in [1.29, 1.82) is 0 Å². The molecule has 2 N–H and O–H groups in total. The summed E-state index contributed by atoms with van der Waals surface area (Å²) in [5.41, 5.74) is 0.484. The molecule has 0 saturated heterocycles. The molecule has 1 aliphatic rings. The molecule has 1 aromatic heterocycles. The zero-order chi connectivity index (χ0) is 11.4. The van der Waals surface area contributed by atoms with E-state index in [1.54, 1.807) is 17.1 Å². The molecule has 1 amide bonds. The maximum absolute atomic E-state index is 11.6. The van der Waals surface area contributed by atoms with E-state index in [1.807, 2.05) is 7.05 Å². The van der Waals surface area contributed by atoms with E-state index >= 15 is 0 Å². The smallest absolute Gasteiger partial charge is 0.271 e. The lowest BCUT2D eigenvalue weighted by molar-refractivity contribution is 0.0948. The molecule has 0 aliphatic heterocycles. The summed E-state index contributed by atoms with van der Waals surface area (Å²) in [5, 5.41) is 6.25. The Morgan fingerprint density at radius 3 is 3.00 bits per heavy atom. The highest BCUT2D eigenvalue weighted by atomic mass is 16.1. The second-order valence-corrected chi connectivity index (χ2v) is 4.26. The molecule has 1 aliphatic carbocycles. The van der Waals surface area contributed by atoms with Crippen LogP contribution < -0.4 is 10.6 Å². The molecule has 0 atom stereocenters. The molecule has 0 unspecified atom stereocenters. The number of imidazole rings is 1. The highest BCUT2D eigenvalue weighted by molar-refractivity contribution is 5.91. The maximum atomic E-state index is 11.6. The first-order valence-electron chi connectivity index (χ1n) is 5.75. The van der Waals surface area contributed by atoms with E-state index in [1.165, 1.54) is 12.8 Å². The number of carbonyl (C=O) groups is 1. The van der Waals surface area contributed by atoms with Crippen molar-refractivity contribution >= 4 is 5.91 Å². The topological polar surface area (TPSA) is 59.0 Å². The van der Waals surface area contributed by atoms with Crippen molar-refractivity contribution in [3.63, 3.8) is 0 Å². The van der Waals surface area contributed by atoms with Gasteiger partial charge in [0.2, 0.25) is 0 Å². The van der Waals surface area contributed by atoms with E-state index in [4.69, 9.17) is 0 Å². The number of nitrogens with zero attached hydrogens (tertiary/aromatic N) is 2. The molecule has 2 rings (SSSR count). The lowest BCUT2D eigenvalue weighted by atomic mass is 10.4. The molecule has 5 heteroatoms. The van der Waals surface area contributed by atoms with Crippen LogP contribution in [-0.4, -0.2) is 34.6 Å². The van der Waals surface area contributed by atoms with Gasteiger partial charge in [0, 0.05) is 25.8 Å². The number of rotatable bonds is 6. The van der Waals surface area contributed by atoms with Gasteiger partial charge in [0.25, 0.3) is 5.91 Å². The van der Waals surface area contributed by atoms with Crippen LogP contribution in [0.3, 0.4) is 0 Å². The summed E-state index contributed by atoms with van der Waals surface area (Å²) in [5.74, 6) is -0.0907. The van der Waals surface area contributed by atoms with Gasteiger partial charge in [0.15, 0.2) is 0 Å². The van der Waals surface area contributed by atoms with Crippen molar-refractivity contribution in [3.05, 3.63) is 18.2 Å². The predicted molar refractivity (Wildman–Crippen MR) is 61.2 cm³/mol. The molecule has 88 valence electrons. The van der Waals surface area contributed by atoms with E-state index in [2.05, 4.69) is 15.6 Å². The van der Waals surface area contributed by atoms with E-state index in [9.17, 15) is 4.79 Å². The summed E-state index contributed by atoms with van der Waals surface area (Å²) in [7, 11) is 1.85. The first-order chi connectivity index (χ1) is 7.75. The van der Waals surface area contributed by atoms with Crippen molar-refractivity contribution < 1.29 is 4.79 Å². The summed E-state index contributed by atoms with van der Waals surface area (Å²) in [4.78, 5) is 15.5. The number of hydrogen-bond acceptors (Lipinski definition) is 3. The van der Waals surface area contributed by atoms with E-state index in [0.717, 1.165) is 19.0 Å². The molecule has 0 bridgehead atoms. The van der Waals surface area contributed by atoms with Gasteiger partial charge in [-0.3, -0.25) is 4.79 Å². The largest absolute Gasteiger partial charge is 0.351 e. The van der Waals surface area contributed by atoms with Crippen molar-refractivity contribution in [1.82, 2.24) is 20.2 Å². The Kier molecular flexibility index (Phi) is 3.56. The second-order valence-electron chi connectivity index (χ2n) is 4.26. The van der Waals surface area contributed by atoms with Crippen molar-refractivity contribution in [2.24, 2.45) is 7.05 Å². The van der Waals surface area contributed by atoms with Crippen LogP contribution in [0.2, 0.25) is 0 Å². The predicted octanol–water partition coefficient (Wildman–Crippen LogP) is 0.292. The lowest BCUT2D eigenvalue weighted by Gasteiger charge is -2.04. The van der Waals surface area contributed by atoms with Crippen LogP contribution in [0.25, 0.3) is 0 Å². The second kappa shape index (κ2) is 5.12. The van der Waals surface area contributed by atoms with Crippen molar-refractivity contribution in [2.45, 2.75) is 25.3 Å². The van der Waals surface area contributed by atoms with E-state index in [-0.39, 0.29) is 5.91 Å². The Bertz CT molecular complexity index is 357. The molecule has 0 radical (unpaired) electrons. The average Bonchev–Trinajstić information content (AvgIpc) is 2.99. The summed E-state index contributed by atoms with van der Waals surface area (Å²) >= 11 is 0. The summed E-state index contributed by atoms with van der Waals surface area (Å²) in [6, 6.07) is 0.742. The van der Waals surface area contributed by atoms with Crippen LogP contribution in [0, 0.1) is 0 Å². The summed E-state index contributed by atoms with van der Waals surface area (Å²) in [6.45, 7) is 1.68. The zero-order valence-corrected chi connectivity index (χ0v) is 9.57. The highest BCUT2D eigenvalue weighted by Crippen LogP contribution is 2.18. The van der Waals surface area contributed by atoms with Crippen LogP contribution in [0.15, 0.2) is 12.5 Å². The Morgan fingerprint density at radius 2 is 2.38 bits per heavy atom. The summed E-state index contributed by atoms with van der Waals surface area (Å²) in [6.07, 6.45) is 6.93. The fraction of sp³-hybridized carbons (Fsp3) is 0.636. The van der Waals surface area contributed by atoms with Gasteiger partial charge in [-0.05, 0) is 25.8 Å². The number of amides is 1. The number of hydrogen-bond donors (Lipinski definition) is 2. The Labute approximate surface area is 95.2 Å². The molecule has 1 heterocycles. The molecule has 1 fully saturated rings. The minimum atomic E-state index is -0.0907. The third-order valence-corrected chi connectivity index (χ3v) is 2.59.